The second-order valence-electron chi connectivity index (χ2n) is 7.72. The van der Waals surface area contributed by atoms with Gasteiger partial charge in [-0.05, 0) is 36.0 Å². The molecule has 1 aromatic heterocycles. The Kier molecular flexibility index (Phi) is 4.70. The quantitative estimate of drug-likeness (QED) is 0.490. The van der Waals surface area contributed by atoms with Crippen LogP contribution in [0.5, 0.6) is 11.5 Å². The molecule has 0 saturated carbocycles. The number of para-hydroxylation sites is 1. The van der Waals surface area contributed by atoms with Crippen LogP contribution in [0.1, 0.15) is 22.9 Å². The topological polar surface area (TPSA) is 57.8 Å². The lowest BCUT2D eigenvalue weighted by molar-refractivity contribution is -0.128. The van der Waals surface area contributed by atoms with Gasteiger partial charge in [-0.1, -0.05) is 24.3 Å². The molecule has 5 rings (SSSR count). The van der Waals surface area contributed by atoms with Crippen molar-refractivity contribution in [2.24, 2.45) is 0 Å². The summed E-state index contributed by atoms with van der Waals surface area (Å²) >= 11 is 5.80. The summed E-state index contributed by atoms with van der Waals surface area (Å²) in [6.07, 6.45) is 2.31. The largest absolute Gasteiger partial charge is 0.497 e. The number of nitrogens with zero attached hydrogens (tertiary/aromatic N) is 2. The Bertz CT molecular complexity index is 1220. The maximum absolute atomic E-state index is 13.3. The third-order valence-electron chi connectivity index (χ3n) is 6.18. The summed E-state index contributed by atoms with van der Waals surface area (Å²) in [5.41, 5.74) is 4.16. The number of aromatic amines is 1. The van der Waals surface area contributed by atoms with Crippen LogP contribution in [0.3, 0.4) is 0 Å². The van der Waals surface area contributed by atoms with E-state index in [0.717, 1.165) is 27.7 Å². The Morgan fingerprint density at radius 1 is 1.23 bits per heavy atom. The van der Waals surface area contributed by atoms with Crippen molar-refractivity contribution in [3.05, 3.63) is 71.9 Å². The first-order chi connectivity index (χ1) is 15.1. The highest BCUT2D eigenvalue weighted by Crippen LogP contribution is 2.46. The molecule has 31 heavy (non-hydrogen) atoms. The van der Waals surface area contributed by atoms with Crippen molar-refractivity contribution in [3.8, 4) is 11.5 Å². The smallest absolute Gasteiger partial charge is 0.252 e. The number of hydrogen-bond donors (Lipinski definition) is 1. The first-order valence-electron chi connectivity index (χ1n) is 10.1. The number of thiocarbonyl (C=S) groups is 1. The molecule has 2 aromatic carbocycles. The standard InChI is InChI=1S/C24H23N3O3S/c1-4-11-26-23(28)19-13-17-15-7-5-6-8-18(15)25-21(17)22(27(19)24(26)31)16-10-9-14(29-2)12-20(16)30-3/h4-10,12,19,22,25H,1,11,13H2,2-3H3/t19-,22+/m0/s1. The molecule has 0 unspecified atom stereocenters. The van der Waals surface area contributed by atoms with Gasteiger partial charge in [0.25, 0.3) is 5.91 Å². The molecule has 1 N–H and O–H groups in total. The highest BCUT2D eigenvalue weighted by molar-refractivity contribution is 7.80. The zero-order valence-corrected chi connectivity index (χ0v) is 18.2. The third kappa shape index (κ3) is 2.84. The van der Waals surface area contributed by atoms with Crippen LogP contribution in [0, 0.1) is 0 Å². The zero-order chi connectivity index (χ0) is 21.7. The number of fused-ring (bicyclic) bond motifs is 4. The van der Waals surface area contributed by atoms with E-state index < -0.39 is 0 Å². The van der Waals surface area contributed by atoms with Crippen LogP contribution in [0.2, 0.25) is 0 Å². The molecule has 0 radical (unpaired) electrons. The number of aromatic nitrogens is 1. The number of benzene rings is 2. The predicted molar refractivity (Wildman–Crippen MR) is 124 cm³/mol. The molecule has 1 saturated heterocycles. The predicted octanol–water partition coefficient (Wildman–Crippen LogP) is 3.81. The lowest BCUT2D eigenvalue weighted by Gasteiger charge is -2.38. The molecule has 158 valence electrons. The van der Waals surface area contributed by atoms with E-state index in [0.29, 0.717) is 29.6 Å². The van der Waals surface area contributed by atoms with Gasteiger partial charge in [0, 0.05) is 41.2 Å². The van der Waals surface area contributed by atoms with Gasteiger partial charge in [0.2, 0.25) is 0 Å². The number of methoxy groups -OCH3 is 2. The Labute approximate surface area is 186 Å². The van der Waals surface area contributed by atoms with Gasteiger partial charge >= 0.3 is 0 Å². The highest BCUT2D eigenvalue weighted by atomic mass is 32.1. The fourth-order valence-electron chi connectivity index (χ4n) is 4.80. The molecule has 2 aliphatic heterocycles. The molecule has 3 heterocycles. The van der Waals surface area contributed by atoms with Crippen LogP contribution in [0.15, 0.2) is 55.1 Å². The van der Waals surface area contributed by atoms with Crippen LogP contribution in [-0.4, -0.2) is 52.6 Å². The monoisotopic (exact) mass is 433 g/mol. The van der Waals surface area contributed by atoms with Gasteiger partial charge in [-0.25, -0.2) is 0 Å². The summed E-state index contributed by atoms with van der Waals surface area (Å²) in [6.45, 7) is 4.19. The Morgan fingerprint density at radius 3 is 2.77 bits per heavy atom. The van der Waals surface area contributed by atoms with Gasteiger partial charge in [-0.15, -0.1) is 6.58 Å². The van der Waals surface area contributed by atoms with Crippen molar-refractivity contribution in [2.45, 2.75) is 18.5 Å². The number of amides is 1. The number of ether oxygens (including phenoxy) is 2. The summed E-state index contributed by atoms with van der Waals surface area (Å²) in [5, 5.41) is 1.65. The van der Waals surface area contributed by atoms with Crippen LogP contribution in [0.25, 0.3) is 10.9 Å². The minimum atomic E-state index is -0.365. The SMILES string of the molecule is C=CCN1C(=O)[C@@H]2Cc3c([nH]c4ccccc34)[C@@H](c3ccc(OC)cc3OC)N2C1=S. The summed E-state index contributed by atoms with van der Waals surface area (Å²) in [6, 6.07) is 13.3. The summed E-state index contributed by atoms with van der Waals surface area (Å²) in [4.78, 5) is 20.6. The maximum atomic E-state index is 13.3. The zero-order valence-electron chi connectivity index (χ0n) is 17.4. The van der Waals surface area contributed by atoms with Gasteiger partial charge in [0.15, 0.2) is 5.11 Å². The van der Waals surface area contributed by atoms with E-state index in [2.05, 4.69) is 23.7 Å². The second-order valence-corrected chi connectivity index (χ2v) is 8.09. The van der Waals surface area contributed by atoms with Crippen molar-refractivity contribution >= 4 is 34.1 Å². The van der Waals surface area contributed by atoms with E-state index in [9.17, 15) is 4.79 Å². The van der Waals surface area contributed by atoms with E-state index in [4.69, 9.17) is 21.7 Å². The highest BCUT2D eigenvalue weighted by Gasteiger charge is 2.50. The van der Waals surface area contributed by atoms with Crippen molar-refractivity contribution < 1.29 is 14.3 Å². The minimum Gasteiger partial charge on any atom is -0.497 e. The molecule has 0 aliphatic carbocycles. The van der Waals surface area contributed by atoms with E-state index >= 15 is 0 Å². The number of hydrogen-bond acceptors (Lipinski definition) is 4. The van der Waals surface area contributed by atoms with E-state index in [1.54, 1.807) is 25.2 Å². The van der Waals surface area contributed by atoms with Gasteiger partial charge in [-0.3, -0.25) is 9.69 Å². The molecule has 1 fully saturated rings. The first-order valence-corrected chi connectivity index (χ1v) is 10.6. The van der Waals surface area contributed by atoms with Crippen molar-refractivity contribution in [2.75, 3.05) is 20.8 Å². The van der Waals surface area contributed by atoms with Crippen molar-refractivity contribution in [1.82, 2.24) is 14.8 Å². The lowest BCUT2D eigenvalue weighted by atomic mass is 9.88. The molecule has 6 nitrogen and oxygen atoms in total. The molecular weight excluding hydrogens is 410 g/mol. The molecule has 7 heteroatoms. The maximum Gasteiger partial charge on any atom is 0.252 e. The molecular formula is C24H23N3O3S. The molecule has 3 aromatic rings. The number of H-pyrrole nitrogens is 1. The fraction of sp³-hybridized carbons (Fsp3) is 0.250. The summed E-state index contributed by atoms with van der Waals surface area (Å²) in [7, 11) is 3.27. The van der Waals surface area contributed by atoms with Crippen LogP contribution in [0.4, 0.5) is 0 Å². The first kappa shape index (κ1) is 19.6. The van der Waals surface area contributed by atoms with Gasteiger partial charge in [0.05, 0.1) is 14.2 Å². The molecule has 0 bridgehead atoms. The van der Waals surface area contributed by atoms with Gasteiger partial charge < -0.3 is 19.4 Å². The summed E-state index contributed by atoms with van der Waals surface area (Å²) < 4.78 is 11.1. The number of nitrogens with one attached hydrogen (secondary N) is 1. The Balaban J connectivity index is 1.75. The molecule has 2 atom stereocenters. The van der Waals surface area contributed by atoms with Crippen molar-refractivity contribution in [3.63, 3.8) is 0 Å². The Hall–Kier alpha value is -3.32. The third-order valence-corrected chi connectivity index (χ3v) is 6.61. The molecule has 2 aliphatic rings. The van der Waals surface area contributed by atoms with Crippen LogP contribution in [-0.2, 0) is 11.2 Å². The number of carbonyl (C=O) groups is 1. The Morgan fingerprint density at radius 2 is 2.03 bits per heavy atom. The molecule has 1 amide bonds. The summed E-state index contributed by atoms with van der Waals surface area (Å²) in [5.74, 6) is 1.41. The van der Waals surface area contributed by atoms with Crippen LogP contribution < -0.4 is 9.47 Å². The normalized spacial score (nSPS) is 20.1. The van der Waals surface area contributed by atoms with Crippen LogP contribution >= 0.6 is 12.2 Å². The lowest BCUT2D eigenvalue weighted by Crippen LogP contribution is -2.44. The van der Waals surface area contributed by atoms with E-state index in [1.165, 1.54) is 0 Å². The average molecular weight is 434 g/mol. The van der Waals surface area contributed by atoms with Crippen molar-refractivity contribution in [1.29, 1.82) is 0 Å². The molecule has 0 spiro atoms. The van der Waals surface area contributed by atoms with E-state index in [1.807, 2.05) is 35.2 Å². The minimum absolute atomic E-state index is 0.0123. The van der Waals surface area contributed by atoms with Gasteiger partial charge in [0.1, 0.15) is 23.6 Å². The number of carbonyl (C=O) groups excluding carboxylic acids is 1. The van der Waals surface area contributed by atoms with Gasteiger partial charge in [-0.2, -0.15) is 0 Å². The second kappa shape index (κ2) is 7.42. The van der Waals surface area contributed by atoms with E-state index in [-0.39, 0.29) is 18.0 Å². The average Bonchev–Trinajstić information content (AvgIpc) is 3.28. The number of rotatable bonds is 5. The fourth-order valence-corrected chi connectivity index (χ4v) is 5.19.